The summed E-state index contributed by atoms with van der Waals surface area (Å²) in [7, 11) is 0. The highest BCUT2D eigenvalue weighted by Crippen LogP contribution is 2.28. The zero-order valence-corrected chi connectivity index (χ0v) is 18.5. The third kappa shape index (κ3) is 3.88. The van der Waals surface area contributed by atoms with E-state index < -0.39 is 17.5 Å². The SMILES string of the molecule is CC(C)n1cc(C(C)(C)NC(=O)c2ccc3c(c2)CN(C2CCC(=O)NC2=O)C3=O)nn1. The Balaban J connectivity index is 1.50. The standard InChI is InChI=1S/C22H26N6O4/c1-12(2)28-11-17(25-26-28)22(3,4)24-19(30)13-5-6-15-14(9-13)10-27(21(15)32)16-7-8-18(29)23-20(16)31/h5-6,9,11-12,16H,7-8,10H2,1-4H3,(H,24,30)(H,23,29,31). The van der Waals surface area contributed by atoms with Crippen LogP contribution in [0.15, 0.2) is 24.4 Å². The highest BCUT2D eigenvalue weighted by molar-refractivity contribution is 6.06. The van der Waals surface area contributed by atoms with E-state index in [0.29, 0.717) is 28.8 Å². The molecule has 168 valence electrons. The quantitative estimate of drug-likeness (QED) is 0.678. The summed E-state index contributed by atoms with van der Waals surface area (Å²) in [4.78, 5) is 50.9. The van der Waals surface area contributed by atoms with Gasteiger partial charge in [0, 0.05) is 30.1 Å². The van der Waals surface area contributed by atoms with E-state index in [1.165, 1.54) is 4.90 Å². The zero-order chi connectivity index (χ0) is 23.2. The van der Waals surface area contributed by atoms with E-state index in [4.69, 9.17) is 0 Å². The molecule has 10 heteroatoms. The highest BCUT2D eigenvalue weighted by Gasteiger charge is 2.39. The van der Waals surface area contributed by atoms with E-state index in [1.807, 2.05) is 33.9 Å². The number of nitrogens with one attached hydrogen (secondary N) is 2. The van der Waals surface area contributed by atoms with Gasteiger partial charge in [-0.25, -0.2) is 4.68 Å². The van der Waals surface area contributed by atoms with E-state index in [0.717, 1.165) is 0 Å². The number of carbonyl (C=O) groups excluding carboxylic acids is 4. The predicted octanol–water partition coefficient (Wildman–Crippen LogP) is 1.29. The molecule has 1 unspecified atom stereocenters. The Morgan fingerprint density at radius 1 is 1.25 bits per heavy atom. The van der Waals surface area contributed by atoms with Gasteiger partial charge < -0.3 is 10.2 Å². The first kappa shape index (κ1) is 21.7. The van der Waals surface area contributed by atoms with Crippen molar-refractivity contribution in [2.24, 2.45) is 0 Å². The first-order chi connectivity index (χ1) is 15.1. The second-order valence-electron chi connectivity index (χ2n) is 9.03. The van der Waals surface area contributed by atoms with Crippen LogP contribution in [0.3, 0.4) is 0 Å². The lowest BCUT2D eigenvalue weighted by molar-refractivity contribution is -0.136. The Morgan fingerprint density at radius 3 is 2.66 bits per heavy atom. The third-order valence-electron chi connectivity index (χ3n) is 5.89. The van der Waals surface area contributed by atoms with Crippen LogP contribution in [0.25, 0.3) is 0 Å². The van der Waals surface area contributed by atoms with Crippen LogP contribution in [-0.4, -0.2) is 49.6 Å². The molecular formula is C22H26N6O4. The monoisotopic (exact) mass is 438 g/mol. The number of hydrogen-bond donors (Lipinski definition) is 2. The van der Waals surface area contributed by atoms with Gasteiger partial charge in [0.05, 0.1) is 11.7 Å². The molecule has 32 heavy (non-hydrogen) atoms. The molecule has 2 aromatic rings. The van der Waals surface area contributed by atoms with Gasteiger partial charge in [0.2, 0.25) is 11.8 Å². The highest BCUT2D eigenvalue weighted by atomic mass is 16.2. The van der Waals surface area contributed by atoms with Crippen LogP contribution in [0.2, 0.25) is 0 Å². The number of hydrogen-bond acceptors (Lipinski definition) is 6. The van der Waals surface area contributed by atoms with Crippen molar-refractivity contribution >= 4 is 23.6 Å². The molecule has 0 spiro atoms. The van der Waals surface area contributed by atoms with Crippen LogP contribution in [0.4, 0.5) is 0 Å². The number of piperidine rings is 1. The maximum Gasteiger partial charge on any atom is 0.255 e. The molecule has 1 saturated heterocycles. The van der Waals surface area contributed by atoms with Crippen molar-refractivity contribution in [2.45, 2.75) is 64.7 Å². The van der Waals surface area contributed by atoms with E-state index in [9.17, 15) is 19.2 Å². The molecule has 2 N–H and O–H groups in total. The summed E-state index contributed by atoms with van der Waals surface area (Å²) >= 11 is 0. The lowest BCUT2D eigenvalue weighted by Crippen LogP contribution is -2.52. The largest absolute Gasteiger partial charge is 0.341 e. The third-order valence-corrected chi connectivity index (χ3v) is 5.89. The van der Waals surface area contributed by atoms with Crippen molar-refractivity contribution in [3.63, 3.8) is 0 Å². The van der Waals surface area contributed by atoms with Gasteiger partial charge in [-0.3, -0.25) is 24.5 Å². The van der Waals surface area contributed by atoms with Crippen LogP contribution in [0, 0.1) is 0 Å². The van der Waals surface area contributed by atoms with Crippen molar-refractivity contribution in [3.05, 3.63) is 46.8 Å². The van der Waals surface area contributed by atoms with Gasteiger partial charge in [0.15, 0.2) is 0 Å². The molecule has 1 aromatic carbocycles. The van der Waals surface area contributed by atoms with Gasteiger partial charge in [-0.05, 0) is 57.9 Å². The number of rotatable bonds is 5. The van der Waals surface area contributed by atoms with Crippen LogP contribution in [-0.2, 0) is 21.7 Å². The van der Waals surface area contributed by atoms with E-state index in [-0.39, 0.29) is 36.7 Å². The number of carbonyl (C=O) groups is 4. The van der Waals surface area contributed by atoms with Crippen LogP contribution in [0.1, 0.15) is 78.6 Å². The molecule has 1 fully saturated rings. The number of benzene rings is 1. The van der Waals surface area contributed by atoms with Crippen LogP contribution >= 0.6 is 0 Å². The van der Waals surface area contributed by atoms with Gasteiger partial charge in [-0.2, -0.15) is 0 Å². The summed E-state index contributed by atoms with van der Waals surface area (Å²) in [5, 5.41) is 13.5. The summed E-state index contributed by atoms with van der Waals surface area (Å²) in [6.07, 6.45) is 2.30. The molecule has 0 bridgehead atoms. The Labute approximate surface area is 185 Å². The summed E-state index contributed by atoms with van der Waals surface area (Å²) in [5.74, 6) is -1.36. The van der Waals surface area contributed by atoms with Crippen LogP contribution < -0.4 is 10.6 Å². The first-order valence-corrected chi connectivity index (χ1v) is 10.6. The first-order valence-electron chi connectivity index (χ1n) is 10.6. The number of amides is 4. The normalized spacial score (nSPS) is 18.7. The van der Waals surface area contributed by atoms with E-state index in [2.05, 4.69) is 20.9 Å². The second kappa shape index (κ2) is 7.85. The van der Waals surface area contributed by atoms with E-state index in [1.54, 1.807) is 22.9 Å². The Kier molecular flexibility index (Phi) is 5.31. The Morgan fingerprint density at radius 2 is 2.00 bits per heavy atom. The molecule has 4 rings (SSSR count). The van der Waals surface area contributed by atoms with Gasteiger partial charge in [-0.1, -0.05) is 5.21 Å². The van der Waals surface area contributed by atoms with Crippen molar-refractivity contribution in [3.8, 4) is 0 Å². The molecule has 2 aliphatic rings. The number of fused-ring (bicyclic) bond motifs is 1. The topological polar surface area (TPSA) is 126 Å². The summed E-state index contributed by atoms with van der Waals surface area (Å²) < 4.78 is 1.73. The minimum atomic E-state index is -0.752. The second-order valence-corrected chi connectivity index (χ2v) is 9.03. The van der Waals surface area contributed by atoms with Crippen molar-refractivity contribution in [1.29, 1.82) is 0 Å². The fourth-order valence-corrected chi connectivity index (χ4v) is 3.95. The fourth-order valence-electron chi connectivity index (χ4n) is 3.95. The summed E-state index contributed by atoms with van der Waals surface area (Å²) in [6.45, 7) is 7.90. The Hall–Kier alpha value is -3.56. The molecule has 3 heterocycles. The van der Waals surface area contributed by atoms with Gasteiger partial charge >= 0.3 is 0 Å². The van der Waals surface area contributed by atoms with E-state index >= 15 is 0 Å². The fraction of sp³-hybridized carbons (Fsp3) is 0.455. The number of aromatic nitrogens is 3. The van der Waals surface area contributed by atoms with Crippen LogP contribution in [0.5, 0.6) is 0 Å². The molecular weight excluding hydrogens is 412 g/mol. The number of imide groups is 1. The molecule has 0 saturated carbocycles. The lowest BCUT2D eigenvalue weighted by atomic mass is 9.99. The maximum atomic E-state index is 13.0. The summed E-state index contributed by atoms with van der Waals surface area (Å²) in [6, 6.07) is 4.36. The number of nitrogens with zero attached hydrogens (tertiary/aromatic N) is 4. The van der Waals surface area contributed by atoms with Gasteiger partial charge in [0.1, 0.15) is 11.7 Å². The summed E-state index contributed by atoms with van der Waals surface area (Å²) in [5.41, 5.74) is 1.44. The van der Waals surface area contributed by atoms with Gasteiger partial charge in [0.25, 0.3) is 11.8 Å². The minimum Gasteiger partial charge on any atom is -0.341 e. The van der Waals surface area contributed by atoms with Crippen molar-refractivity contribution in [1.82, 2.24) is 30.5 Å². The molecule has 10 nitrogen and oxygen atoms in total. The Bertz CT molecular complexity index is 1120. The zero-order valence-electron chi connectivity index (χ0n) is 18.5. The van der Waals surface area contributed by atoms with Crippen molar-refractivity contribution < 1.29 is 19.2 Å². The van der Waals surface area contributed by atoms with Gasteiger partial charge in [-0.15, -0.1) is 5.10 Å². The van der Waals surface area contributed by atoms with Crippen molar-refractivity contribution in [2.75, 3.05) is 0 Å². The molecule has 1 atom stereocenters. The maximum absolute atomic E-state index is 13.0. The average molecular weight is 438 g/mol. The molecule has 0 radical (unpaired) electrons. The minimum absolute atomic E-state index is 0.157. The molecule has 1 aromatic heterocycles. The predicted molar refractivity (Wildman–Crippen MR) is 113 cm³/mol. The smallest absolute Gasteiger partial charge is 0.255 e. The molecule has 0 aliphatic carbocycles. The molecule has 2 aliphatic heterocycles. The average Bonchev–Trinajstić information content (AvgIpc) is 3.34. The lowest BCUT2D eigenvalue weighted by Gasteiger charge is -2.29. The molecule has 4 amide bonds.